The molecule has 98 valence electrons. The lowest BCUT2D eigenvalue weighted by atomic mass is 10.2. The van der Waals surface area contributed by atoms with Crippen LogP contribution in [0, 0.1) is 0 Å². The van der Waals surface area contributed by atoms with Gasteiger partial charge in [0.05, 0.1) is 5.69 Å². The maximum absolute atomic E-state index is 11.9. The predicted octanol–water partition coefficient (Wildman–Crippen LogP) is 2.29. The molecule has 0 unspecified atom stereocenters. The zero-order chi connectivity index (χ0) is 13.8. The molecule has 2 rings (SSSR count). The number of rotatable bonds is 4. The van der Waals surface area contributed by atoms with Crippen molar-refractivity contribution < 1.29 is 9.59 Å². The summed E-state index contributed by atoms with van der Waals surface area (Å²) in [6, 6.07) is 10.9. The van der Waals surface area contributed by atoms with E-state index >= 15 is 0 Å². The van der Waals surface area contributed by atoms with E-state index in [4.69, 9.17) is 0 Å². The van der Waals surface area contributed by atoms with Gasteiger partial charge in [-0.15, -0.1) is 0 Å². The number of halogens is 1. The van der Waals surface area contributed by atoms with Crippen LogP contribution < -0.4 is 5.32 Å². The smallest absolute Gasteiger partial charge is 0.294 e. The molecule has 0 saturated heterocycles. The first kappa shape index (κ1) is 13.5. The van der Waals surface area contributed by atoms with Crippen LogP contribution in [0.5, 0.6) is 0 Å². The van der Waals surface area contributed by atoms with Gasteiger partial charge in [-0.3, -0.25) is 9.59 Å². The molecule has 0 spiro atoms. The normalized spacial score (nSPS) is 10.2. The van der Waals surface area contributed by atoms with Gasteiger partial charge in [-0.25, -0.2) is 0 Å². The van der Waals surface area contributed by atoms with Crippen LogP contribution in [0.25, 0.3) is 0 Å². The van der Waals surface area contributed by atoms with E-state index in [0.717, 1.165) is 10.0 Å². The summed E-state index contributed by atoms with van der Waals surface area (Å²) >= 11 is 3.36. The Kier molecular flexibility index (Phi) is 4.16. The maximum Gasteiger partial charge on any atom is 0.294 e. The van der Waals surface area contributed by atoms with Crippen LogP contribution in [0.3, 0.4) is 0 Å². The summed E-state index contributed by atoms with van der Waals surface area (Å²) in [4.78, 5) is 23.6. The van der Waals surface area contributed by atoms with Gasteiger partial charge in [-0.2, -0.15) is 0 Å². The number of hydrogen-bond acceptors (Lipinski definition) is 2. The quantitative estimate of drug-likeness (QED) is 0.694. The van der Waals surface area contributed by atoms with Crippen molar-refractivity contribution in [1.82, 2.24) is 9.88 Å². The van der Waals surface area contributed by atoms with Crippen molar-refractivity contribution in [3.63, 3.8) is 0 Å². The number of carbonyl (C=O) groups is 2. The average molecular weight is 321 g/mol. The van der Waals surface area contributed by atoms with Crippen LogP contribution in [0.1, 0.15) is 16.1 Å². The third-order valence-electron chi connectivity index (χ3n) is 2.72. The number of ketones is 1. The Balaban J connectivity index is 1.99. The summed E-state index contributed by atoms with van der Waals surface area (Å²) in [7, 11) is 1.73. The number of carbonyl (C=O) groups excluding carboxylic acids is 2. The maximum atomic E-state index is 11.9. The molecule has 0 radical (unpaired) electrons. The number of aromatic nitrogens is 1. The fourth-order valence-corrected chi connectivity index (χ4v) is 2.17. The molecule has 1 aromatic heterocycles. The lowest BCUT2D eigenvalue weighted by Gasteiger charge is -2.05. The second kappa shape index (κ2) is 5.84. The van der Waals surface area contributed by atoms with Gasteiger partial charge in [-0.05, 0) is 29.8 Å². The van der Waals surface area contributed by atoms with E-state index in [2.05, 4.69) is 21.2 Å². The molecule has 0 aliphatic rings. The second-order valence-corrected chi connectivity index (χ2v) is 5.06. The molecule has 1 heterocycles. The summed E-state index contributed by atoms with van der Waals surface area (Å²) < 4.78 is 2.56. The van der Waals surface area contributed by atoms with Crippen molar-refractivity contribution in [2.75, 3.05) is 0 Å². The minimum absolute atomic E-state index is 0.328. The number of Topliss-reactive ketones (excluding diaryl/α,β-unsaturated/α-hetero) is 1. The molecule has 0 fully saturated rings. The molecule has 4 nitrogen and oxygen atoms in total. The van der Waals surface area contributed by atoms with E-state index in [-0.39, 0.29) is 0 Å². The van der Waals surface area contributed by atoms with Crippen LogP contribution in [0.15, 0.2) is 47.1 Å². The third-order valence-corrected chi connectivity index (χ3v) is 3.22. The first-order valence-electron chi connectivity index (χ1n) is 5.76. The number of aryl methyl sites for hydroxylation is 1. The van der Waals surface area contributed by atoms with E-state index in [9.17, 15) is 9.59 Å². The monoisotopic (exact) mass is 320 g/mol. The lowest BCUT2D eigenvalue weighted by Crippen LogP contribution is -2.31. The van der Waals surface area contributed by atoms with Gasteiger partial charge in [-0.1, -0.05) is 28.1 Å². The average Bonchev–Trinajstić information content (AvgIpc) is 2.81. The van der Waals surface area contributed by atoms with Crippen molar-refractivity contribution >= 4 is 27.6 Å². The van der Waals surface area contributed by atoms with Crippen LogP contribution in [-0.4, -0.2) is 16.3 Å². The summed E-state index contributed by atoms with van der Waals surface area (Å²) in [6.45, 7) is 0.328. The Morgan fingerprint density at radius 2 is 2.05 bits per heavy atom. The van der Waals surface area contributed by atoms with E-state index in [0.29, 0.717) is 12.2 Å². The van der Waals surface area contributed by atoms with Crippen LogP contribution in [0.4, 0.5) is 0 Å². The number of nitrogens with one attached hydrogen (secondary N) is 1. The Morgan fingerprint density at radius 3 is 2.68 bits per heavy atom. The molecule has 19 heavy (non-hydrogen) atoms. The first-order chi connectivity index (χ1) is 9.08. The van der Waals surface area contributed by atoms with Gasteiger partial charge in [0.25, 0.3) is 11.7 Å². The molecule has 0 aliphatic heterocycles. The van der Waals surface area contributed by atoms with Gasteiger partial charge in [0.15, 0.2) is 0 Å². The zero-order valence-electron chi connectivity index (χ0n) is 10.4. The van der Waals surface area contributed by atoms with Gasteiger partial charge >= 0.3 is 0 Å². The predicted molar refractivity (Wildman–Crippen MR) is 75.7 cm³/mol. The topological polar surface area (TPSA) is 51.1 Å². The van der Waals surface area contributed by atoms with E-state index in [1.54, 1.807) is 29.9 Å². The largest absolute Gasteiger partial charge is 0.348 e. The minimum atomic E-state index is -0.596. The summed E-state index contributed by atoms with van der Waals surface area (Å²) in [5, 5.41) is 2.62. The molecule has 0 aliphatic carbocycles. The number of hydrogen-bond donors (Lipinski definition) is 1. The van der Waals surface area contributed by atoms with Gasteiger partial charge in [0.2, 0.25) is 0 Å². The molecule has 0 bridgehead atoms. The molecular formula is C14H13BrN2O2. The molecule has 1 amide bonds. The molecule has 1 aromatic carbocycles. The molecule has 2 aromatic rings. The highest BCUT2D eigenvalue weighted by molar-refractivity contribution is 9.10. The SMILES string of the molecule is Cn1cccc1C(=O)C(=O)NCc1cccc(Br)c1. The molecule has 5 heteroatoms. The Bertz CT molecular complexity index is 619. The highest BCUT2D eigenvalue weighted by Crippen LogP contribution is 2.11. The zero-order valence-corrected chi connectivity index (χ0v) is 12.0. The first-order valence-corrected chi connectivity index (χ1v) is 6.55. The van der Waals surface area contributed by atoms with Crippen molar-refractivity contribution in [3.8, 4) is 0 Å². The fraction of sp³-hybridized carbons (Fsp3) is 0.143. The summed E-state index contributed by atoms with van der Waals surface area (Å²) in [5.74, 6) is -1.12. The van der Waals surface area contributed by atoms with Gasteiger partial charge in [0.1, 0.15) is 0 Å². The molecule has 0 saturated carbocycles. The summed E-state index contributed by atoms with van der Waals surface area (Å²) in [5.41, 5.74) is 1.31. The van der Waals surface area contributed by atoms with Crippen molar-refractivity contribution in [2.45, 2.75) is 6.54 Å². The number of amides is 1. The second-order valence-electron chi connectivity index (χ2n) is 4.15. The Labute approximate surface area is 119 Å². The van der Waals surface area contributed by atoms with Crippen molar-refractivity contribution in [3.05, 3.63) is 58.3 Å². The van der Waals surface area contributed by atoms with Crippen LogP contribution in [0.2, 0.25) is 0 Å². The molecule has 1 N–H and O–H groups in total. The van der Waals surface area contributed by atoms with Crippen molar-refractivity contribution in [2.24, 2.45) is 7.05 Å². The van der Waals surface area contributed by atoms with Gasteiger partial charge in [0, 0.05) is 24.3 Å². The van der Waals surface area contributed by atoms with Crippen molar-refractivity contribution in [1.29, 1.82) is 0 Å². The Morgan fingerprint density at radius 1 is 1.26 bits per heavy atom. The van der Waals surface area contributed by atoms with Crippen LogP contribution >= 0.6 is 15.9 Å². The fourth-order valence-electron chi connectivity index (χ4n) is 1.72. The highest BCUT2D eigenvalue weighted by Gasteiger charge is 2.17. The standard InChI is InChI=1S/C14H13BrN2O2/c1-17-7-3-6-12(17)13(18)14(19)16-9-10-4-2-5-11(15)8-10/h2-8H,9H2,1H3,(H,16,19). The van der Waals surface area contributed by atoms with E-state index in [1.807, 2.05) is 24.3 Å². The number of nitrogens with zero attached hydrogens (tertiary/aromatic N) is 1. The van der Waals surface area contributed by atoms with E-state index in [1.165, 1.54) is 0 Å². The molecule has 0 atom stereocenters. The number of benzene rings is 1. The van der Waals surface area contributed by atoms with Crippen LogP contribution in [-0.2, 0) is 18.4 Å². The minimum Gasteiger partial charge on any atom is -0.348 e. The van der Waals surface area contributed by atoms with E-state index < -0.39 is 11.7 Å². The third kappa shape index (κ3) is 3.32. The van der Waals surface area contributed by atoms with Gasteiger partial charge < -0.3 is 9.88 Å². The Hall–Kier alpha value is -1.88. The highest BCUT2D eigenvalue weighted by atomic mass is 79.9. The molecular weight excluding hydrogens is 308 g/mol. The lowest BCUT2D eigenvalue weighted by molar-refractivity contribution is -0.117. The summed E-state index contributed by atoms with van der Waals surface area (Å²) in [6.07, 6.45) is 1.73.